The molecule has 4 N–H and O–H groups in total. The molecular formula is C25H23ClN6O3S. The molecule has 184 valence electrons. The van der Waals surface area contributed by atoms with Crippen molar-refractivity contribution >= 4 is 56.8 Å². The number of rotatable bonds is 6. The van der Waals surface area contributed by atoms with Gasteiger partial charge in [0.25, 0.3) is 15.9 Å². The van der Waals surface area contributed by atoms with Crippen LogP contribution < -0.4 is 21.3 Å². The lowest BCUT2D eigenvalue weighted by atomic mass is 10.1. The highest BCUT2D eigenvalue weighted by Gasteiger charge is 2.32. The number of amides is 1. The zero-order valence-electron chi connectivity index (χ0n) is 19.5. The Bertz CT molecular complexity index is 1490. The zero-order valence-corrected chi connectivity index (χ0v) is 21.0. The lowest BCUT2D eigenvalue weighted by Gasteiger charge is -2.19. The number of carbonyl (C=O) groups excluding carboxylic acids is 1. The van der Waals surface area contributed by atoms with Gasteiger partial charge < -0.3 is 16.4 Å². The Morgan fingerprint density at radius 3 is 2.14 bits per heavy atom. The fourth-order valence-electron chi connectivity index (χ4n) is 3.53. The molecule has 36 heavy (non-hydrogen) atoms. The standard InChI is InChI=1S/C25H23ClN6O3S/c1-31(2)19-9-3-16(4-10-19)15-22-24(33)32(23(29-22)17-5-7-18(26)8-6-17)20-11-13-21(14-12-20)36(34,35)30-25(27)28/h3-15H,1-2H3,(H4,27,28,30)/b22-15-. The first-order chi connectivity index (χ1) is 17.0. The van der Waals surface area contributed by atoms with E-state index in [1.54, 1.807) is 30.3 Å². The SMILES string of the molecule is CN(C)c1ccc(/C=C2\N=C(c3ccc(Cl)cc3)N(c3ccc(S(=O)(=O)N=C(N)N)cc3)C2=O)cc1. The first kappa shape index (κ1) is 25.0. The van der Waals surface area contributed by atoms with Gasteiger partial charge in [0.1, 0.15) is 11.5 Å². The number of amidine groups is 1. The van der Waals surface area contributed by atoms with Crippen molar-refractivity contribution in [3.05, 3.63) is 94.6 Å². The zero-order chi connectivity index (χ0) is 26.0. The minimum Gasteiger partial charge on any atom is -0.378 e. The number of hydrogen-bond acceptors (Lipinski definition) is 5. The van der Waals surface area contributed by atoms with Crippen molar-refractivity contribution in [1.29, 1.82) is 0 Å². The number of carbonyl (C=O) groups is 1. The Kier molecular flexibility index (Phi) is 6.82. The molecule has 1 heterocycles. The third kappa shape index (κ3) is 5.24. The second-order valence-corrected chi connectivity index (χ2v) is 10.1. The van der Waals surface area contributed by atoms with Crippen LogP contribution in [0.4, 0.5) is 11.4 Å². The molecule has 0 atom stereocenters. The molecule has 0 saturated carbocycles. The molecule has 0 radical (unpaired) electrons. The fraction of sp³-hybridized carbons (Fsp3) is 0.0800. The molecule has 3 aromatic carbocycles. The van der Waals surface area contributed by atoms with Crippen LogP contribution in [0.25, 0.3) is 6.08 Å². The summed E-state index contributed by atoms with van der Waals surface area (Å²) in [7, 11) is -0.177. The highest BCUT2D eigenvalue weighted by molar-refractivity contribution is 7.90. The summed E-state index contributed by atoms with van der Waals surface area (Å²) in [5, 5.41) is 0.543. The summed E-state index contributed by atoms with van der Waals surface area (Å²) in [6.45, 7) is 0. The number of halogens is 1. The molecule has 0 aliphatic carbocycles. The van der Waals surface area contributed by atoms with Gasteiger partial charge in [0.2, 0.25) is 5.96 Å². The normalized spacial score (nSPS) is 14.6. The molecule has 0 bridgehead atoms. The van der Waals surface area contributed by atoms with Gasteiger partial charge >= 0.3 is 0 Å². The average Bonchev–Trinajstić information content (AvgIpc) is 3.15. The monoisotopic (exact) mass is 522 g/mol. The van der Waals surface area contributed by atoms with E-state index in [2.05, 4.69) is 9.39 Å². The van der Waals surface area contributed by atoms with Gasteiger partial charge in [0.15, 0.2) is 0 Å². The second kappa shape index (κ2) is 9.84. The lowest BCUT2D eigenvalue weighted by molar-refractivity contribution is -0.113. The van der Waals surface area contributed by atoms with E-state index in [4.69, 9.17) is 23.1 Å². The van der Waals surface area contributed by atoms with E-state index < -0.39 is 16.0 Å². The van der Waals surface area contributed by atoms with Crippen LogP contribution in [0.3, 0.4) is 0 Å². The number of hydrogen-bond donors (Lipinski definition) is 2. The van der Waals surface area contributed by atoms with Crippen LogP contribution in [0.1, 0.15) is 11.1 Å². The quantitative estimate of drug-likeness (QED) is 0.290. The average molecular weight is 523 g/mol. The number of aliphatic imine (C=N–C) groups is 1. The first-order valence-corrected chi connectivity index (χ1v) is 12.5. The van der Waals surface area contributed by atoms with Crippen molar-refractivity contribution in [3.63, 3.8) is 0 Å². The van der Waals surface area contributed by atoms with E-state index in [1.165, 1.54) is 29.2 Å². The Morgan fingerprint density at radius 1 is 0.972 bits per heavy atom. The molecule has 1 amide bonds. The van der Waals surface area contributed by atoms with Crippen LogP contribution in [-0.2, 0) is 14.8 Å². The van der Waals surface area contributed by atoms with Crippen molar-refractivity contribution in [2.24, 2.45) is 20.9 Å². The summed E-state index contributed by atoms with van der Waals surface area (Å²) >= 11 is 6.05. The molecule has 0 spiro atoms. The van der Waals surface area contributed by atoms with E-state index in [1.807, 2.05) is 43.3 Å². The topological polar surface area (TPSA) is 134 Å². The van der Waals surface area contributed by atoms with Gasteiger partial charge in [-0.05, 0) is 72.3 Å². The van der Waals surface area contributed by atoms with Gasteiger partial charge in [-0.25, -0.2) is 4.99 Å². The van der Waals surface area contributed by atoms with Crippen molar-refractivity contribution in [2.75, 3.05) is 23.9 Å². The van der Waals surface area contributed by atoms with Gasteiger partial charge in [-0.3, -0.25) is 9.69 Å². The highest BCUT2D eigenvalue weighted by atomic mass is 35.5. The predicted octanol–water partition coefficient (Wildman–Crippen LogP) is 3.20. The molecule has 9 nitrogen and oxygen atoms in total. The maximum atomic E-state index is 13.5. The molecule has 0 unspecified atom stereocenters. The maximum Gasteiger partial charge on any atom is 0.285 e. The van der Waals surface area contributed by atoms with Gasteiger partial charge in [-0.1, -0.05) is 23.7 Å². The van der Waals surface area contributed by atoms with Gasteiger partial charge in [-0.2, -0.15) is 8.42 Å². The number of anilines is 2. The molecule has 1 aliphatic rings. The highest BCUT2D eigenvalue weighted by Crippen LogP contribution is 2.29. The Morgan fingerprint density at radius 2 is 1.58 bits per heavy atom. The summed E-state index contributed by atoms with van der Waals surface area (Å²) in [4.78, 5) is 21.4. The van der Waals surface area contributed by atoms with Crippen molar-refractivity contribution in [3.8, 4) is 0 Å². The van der Waals surface area contributed by atoms with Crippen LogP contribution in [-0.4, -0.2) is 40.2 Å². The number of guanidine groups is 1. The van der Waals surface area contributed by atoms with Crippen LogP contribution in [0.15, 0.2) is 92.8 Å². The van der Waals surface area contributed by atoms with Crippen LogP contribution >= 0.6 is 11.6 Å². The summed E-state index contributed by atoms with van der Waals surface area (Å²) in [5.74, 6) is -0.552. The smallest absolute Gasteiger partial charge is 0.285 e. The molecule has 0 fully saturated rings. The summed E-state index contributed by atoms with van der Waals surface area (Å²) in [5.41, 5.74) is 13.6. The number of benzene rings is 3. The van der Waals surface area contributed by atoms with Crippen molar-refractivity contribution < 1.29 is 13.2 Å². The molecule has 3 aromatic rings. The molecule has 0 aromatic heterocycles. The molecule has 1 aliphatic heterocycles. The second-order valence-electron chi connectivity index (χ2n) is 8.08. The molecular weight excluding hydrogens is 500 g/mol. The Hall–Kier alpha value is -4.15. The number of nitrogens with zero attached hydrogens (tertiary/aromatic N) is 4. The third-order valence-electron chi connectivity index (χ3n) is 5.29. The number of nitrogens with two attached hydrogens (primary N) is 2. The number of sulfonamides is 1. The molecule has 4 rings (SSSR count). The van der Waals surface area contributed by atoms with Gasteiger partial charge in [-0.15, -0.1) is 4.40 Å². The Labute approximate surface area is 214 Å². The molecule has 0 saturated heterocycles. The third-order valence-corrected chi connectivity index (χ3v) is 6.87. The van der Waals surface area contributed by atoms with Crippen LogP contribution in [0, 0.1) is 0 Å². The first-order valence-electron chi connectivity index (χ1n) is 10.7. The Balaban J connectivity index is 1.75. The van der Waals surface area contributed by atoms with Crippen molar-refractivity contribution in [1.82, 2.24) is 0 Å². The van der Waals surface area contributed by atoms with E-state index >= 15 is 0 Å². The summed E-state index contributed by atoms with van der Waals surface area (Å²) < 4.78 is 27.9. The van der Waals surface area contributed by atoms with Gasteiger partial charge in [0.05, 0.1) is 10.6 Å². The predicted molar refractivity (Wildman–Crippen MR) is 144 cm³/mol. The van der Waals surface area contributed by atoms with E-state index in [0.717, 1.165) is 11.3 Å². The summed E-state index contributed by atoms with van der Waals surface area (Å²) in [6, 6.07) is 20.3. The van der Waals surface area contributed by atoms with Crippen LogP contribution in [0.2, 0.25) is 5.02 Å². The minimum absolute atomic E-state index is 0.118. The lowest BCUT2D eigenvalue weighted by Crippen LogP contribution is -2.32. The van der Waals surface area contributed by atoms with E-state index in [0.29, 0.717) is 22.1 Å². The van der Waals surface area contributed by atoms with E-state index in [-0.39, 0.29) is 16.5 Å². The van der Waals surface area contributed by atoms with Gasteiger partial charge in [0, 0.05) is 30.4 Å². The fourth-order valence-corrected chi connectivity index (χ4v) is 4.52. The summed E-state index contributed by atoms with van der Waals surface area (Å²) in [6.07, 6.45) is 1.70. The van der Waals surface area contributed by atoms with E-state index in [9.17, 15) is 13.2 Å². The molecule has 11 heteroatoms. The van der Waals surface area contributed by atoms with Crippen molar-refractivity contribution in [2.45, 2.75) is 4.90 Å². The van der Waals surface area contributed by atoms with Crippen LogP contribution in [0.5, 0.6) is 0 Å². The maximum absolute atomic E-state index is 13.5. The largest absolute Gasteiger partial charge is 0.378 e. The minimum atomic E-state index is -4.07.